The molecule has 32 heavy (non-hydrogen) atoms. The standard InChI is InChI=1S/C22H17FN4O3S2/c23-15-7-6-14-8-16(24-17(14)9-15)10-22(20(28)29)12-32-18(25-22)11-31-21-27-26-19(30-21)13-4-2-1-3-5-13/h1-9,24H,10-12H2,(H,28,29). The highest BCUT2D eigenvalue weighted by Gasteiger charge is 2.43. The van der Waals surface area contributed by atoms with Crippen molar-refractivity contribution in [1.29, 1.82) is 0 Å². The number of carboxylic acid groups (broad SMARTS) is 1. The molecule has 0 spiro atoms. The van der Waals surface area contributed by atoms with Crippen LogP contribution < -0.4 is 0 Å². The van der Waals surface area contributed by atoms with Gasteiger partial charge in [0.2, 0.25) is 5.89 Å². The average molecular weight is 469 g/mol. The number of aliphatic imine (C=N–C) groups is 1. The van der Waals surface area contributed by atoms with Crippen LogP contribution in [0.1, 0.15) is 5.69 Å². The lowest BCUT2D eigenvalue weighted by molar-refractivity contribution is -0.142. The Morgan fingerprint density at radius 2 is 2.06 bits per heavy atom. The molecule has 0 fully saturated rings. The summed E-state index contributed by atoms with van der Waals surface area (Å²) in [7, 11) is 0. The number of aromatic amines is 1. The number of nitrogens with one attached hydrogen (secondary N) is 1. The molecule has 7 nitrogen and oxygen atoms in total. The van der Waals surface area contributed by atoms with E-state index in [-0.39, 0.29) is 12.2 Å². The summed E-state index contributed by atoms with van der Waals surface area (Å²) in [6.07, 6.45) is 0.193. The first-order valence-electron chi connectivity index (χ1n) is 9.75. The van der Waals surface area contributed by atoms with Crippen molar-refractivity contribution in [2.24, 2.45) is 4.99 Å². The molecular formula is C22H17FN4O3S2. The van der Waals surface area contributed by atoms with Crippen molar-refractivity contribution in [1.82, 2.24) is 15.2 Å². The van der Waals surface area contributed by atoms with Crippen molar-refractivity contribution in [3.8, 4) is 11.5 Å². The highest BCUT2D eigenvalue weighted by molar-refractivity contribution is 8.16. The molecule has 3 heterocycles. The number of carbonyl (C=O) groups is 1. The van der Waals surface area contributed by atoms with Crippen molar-refractivity contribution in [3.05, 3.63) is 66.1 Å². The summed E-state index contributed by atoms with van der Waals surface area (Å²) in [5.41, 5.74) is 0.902. The Balaban J connectivity index is 1.30. The van der Waals surface area contributed by atoms with Crippen LogP contribution in [0.25, 0.3) is 22.4 Å². The molecule has 0 aliphatic carbocycles. The topological polar surface area (TPSA) is 104 Å². The van der Waals surface area contributed by atoms with E-state index in [1.807, 2.05) is 36.4 Å². The second kappa shape index (κ2) is 8.44. The monoisotopic (exact) mass is 468 g/mol. The van der Waals surface area contributed by atoms with Crippen LogP contribution in [0.15, 0.2) is 69.2 Å². The highest BCUT2D eigenvalue weighted by atomic mass is 32.2. The van der Waals surface area contributed by atoms with E-state index < -0.39 is 11.5 Å². The molecule has 0 bridgehead atoms. The van der Waals surface area contributed by atoms with Crippen LogP contribution >= 0.6 is 23.5 Å². The minimum atomic E-state index is -1.27. The molecule has 5 rings (SSSR count). The number of thioether (sulfide) groups is 2. The van der Waals surface area contributed by atoms with E-state index in [2.05, 4.69) is 20.2 Å². The van der Waals surface area contributed by atoms with Gasteiger partial charge in [-0.3, -0.25) is 4.99 Å². The smallest absolute Gasteiger partial charge is 0.332 e. The van der Waals surface area contributed by atoms with Gasteiger partial charge in [0.05, 0.1) is 10.8 Å². The minimum Gasteiger partial charge on any atom is -0.479 e. The lowest BCUT2D eigenvalue weighted by Gasteiger charge is -2.19. The van der Waals surface area contributed by atoms with Gasteiger partial charge in [-0.1, -0.05) is 30.0 Å². The molecule has 1 unspecified atom stereocenters. The predicted molar refractivity (Wildman–Crippen MR) is 123 cm³/mol. The van der Waals surface area contributed by atoms with Gasteiger partial charge in [-0.15, -0.1) is 22.0 Å². The van der Waals surface area contributed by atoms with E-state index in [0.717, 1.165) is 10.9 Å². The lowest BCUT2D eigenvalue weighted by Crippen LogP contribution is -2.39. The molecule has 4 aromatic rings. The highest BCUT2D eigenvalue weighted by Crippen LogP contribution is 2.35. The maximum absolute atomic E-state index is 13.5. The zero-order valence-corrected chi connectivity index (χ0v) is 18.3. The molecule has 1 atom stereocenters. The third-order valence-electron chi connectivity index (χ3n) is 5.08. The minimum absolute atomic E-state index is 0.193. The Morgan fingerprint density at radius 3 is 2.88 bits per heavy atom. The van der Waals surface area contributed by atoms with E-state index in [9.17, 15) is 14.3 Å². The fourth-order valence-corrected chi connectivity index (χ4v) is 5.51. The molecule has 0 radical (unpaired) electrons. The fraction of sp³-hybridized carbons (Fsp3) is 0.182. The molecule has 0 amide bonds. The number of H-pyrrole nitrogens is 1. The maximum atomic E-state index is 13.5. The Labute approximate surface area is 190 Å². The summed E-state index contributed by atoms with van der Waals surface area (Å²) in [6, 6.07) is 15.8. The fourth-order valence-electron chi connectivity index (χ4n) is 3.51. The number of aliphatic carboxylic acids is 1. The Bertz CT molecular complexity index is 1320. The third-order valence-corrected chi connectivity index (χ3v) is 7.29. The van der Waals surface area contributed by atoms with Gasteiger partial charge in [0, 0.05) is 28.9 Å². The summed E-state index contributed by atoms with van der Waals surface area (Å²) < 4.78 is 19.2. The van der Waals surface area contributed by atoms with E-state index in [4.69, 9.17) is 4.42 Å². The number of hydrogen-bond acceptors (Lipinski definition) is 7. The number of rotatable bonds is 7. The first-order chi connectivity index (χ1) is 15.5. The van der Waals surface area contributed by atoms with Gasteiger partial charge in [-0.25, -0.2) is 9.18 Å². The molecule has 1 aliphatic rings. The van der Waals surface area contributed by atoms with Crippen LogP contribution in [0, 0.1) is 5.82 Å². The number of hydrogen-bond donors (Lipinski definition) is 2. The number of aromatic nitrogens is 3. The zero-order valence-electron chi connectivity index (χ0n) is 16.6. The molecule has 1 aliphatic heterocycles. The molecule has 162 valence electrons. The van der Waals surface area contributed by atoms with Crippen LogP contribution in [-0.2, 0) is 11.2 Å². The molecular weight excluding hydrogens is 451 g/mol. The maximum Gasteiger partial charge on any atom is 0.332 e. The van der Waals surface area contributed by atoms with Crippen LogP contribution in [0.5, 0.6) is 0 Å². The van der Waals surface area contributed by atoms with Gasteiger partial charge in [0.15, 0.2) is 5.54 Å². The van der Waals surface area contributed by atoms with E-state index in [0.29, 0.717) is 38.9 Å². The second-order valence-corrected chi connectivity index (χ2v) is 9.34. The molecule has 2 N–H and O–H groups in total. The number of halogens is 1. The summed E-state index contributed by atoms with van der Waals surface area (Å²) in [4.78, 5) is 19.8. The van der Waals surface area contributed by atoms with Gasteiger partial charge in [0.25, 0.3) is 5.22 Å². The van der Waals surface area contributed by atoms with Crippen molar-refractivity contribution in [2.75, 3.05) is 11.5 Å². The van der Waals surface area contributed by atoms with E-state index in [1.165, 1.54) is 35.7 Å². The van der Waals surface area contributed by atoms with Gasteiger partial charge < -0.3 is 14.5 Å². The number of carboxylic acids is 1. The molecule has 10 heteroatoms. The van der Waals surface area contributed by atoms with Gasteiger partial charge >= 0.3 is 5.97 Å². The Hall–Kier alpha value is -3.11. The van der Waals surface area contributed by atoms with Crippen molar-refractivity contribution in [3.63, 3.8) is 0 Å². The van der Waals surface area contributed by atoms with Crippen molar-refractivity contribution in [2.45, 2.75) is 17.2 Å². The summed E-state index contributed by atoms with van der Waals surface area (Å²) in [5, 5.41) is 20.0. The molecule has 2 aromatic carbocycles. The van der Waals surface area contributed by atoms with Crippen LogP contribution in [-0.4, -0.2) is 48.3 Å². The van der Waals surface area contributed by atoms with Crippen LogP contribution in [0.2, 0.25) is 0 Å². The predicted octanol–water partition coefficient (Wildman–Crippen LogP) is 4.66. The van der Waals surface area contributed by atoms with Crippen molar-refractivity contribution < 1.29 is 18.7 Å². The van der Waals surface area contributed by atoms with Crippen LogP contribution in [0.4, 0.5) is 4.39 Å². The van der Waals surface area contributed by atoms with Gasteiger partial charge in [-0.2, -0.15) is 0 Å². The molecule has 0 saturated heterocycles. The molecule has 2 aromatic heterocycles. The summed E-state index contributed by atoms with van der Waals surface area (Å²) >= 11 is 2.74. The SMILES string of the molecule is O=C(O)C1(Cc2cc3ccc(F)cc3[nH]2)CSC(CSc2nnc(-c3ccccc3)o2)=N1. The van der Waals surface area contributed by atoms with Gasteiger partial charge in [-0.05, 0) is 41.8 Å². The Kier molecular flexibility index (Phi) is 5.48. The quantitative estimate of drug-likeness (QED) is 0.380. The Morgan fingerprint density at radius 1 is 1.22 bits per heavy atom. The largest absolute Gasteiger partial charge is 0.479 e. The second-order valence-electron chi connectivity index (χ2n) is 7.36. The first-order valence-corrected chi connectivity index (χ1v) is 11.7. The van der Waals surface area contributed by atoms with E-state index >= 15 is 0 Å². The lowest BCUT2D eigenvalue weighted by atomic mass is 9.96. The summed E-state index contributed by atoms with van der Waals surface area (Å²) in [5.74, 6) is -0.137. The number of nitrogens with zero attached hydrogens (tertiary/aromatic N) is 3. The van der Waals surface area contributed by atoms with Gasteiger partial charge in [0.1, 0.15) is 5.82 Å². The third kappa shape index (κ3) is 4.15. The molecule has 0 saturated carbocycles. The number of benzene rings is 2. The zero-order chi connectivity index (χ0) is 22.1. The summed E-state index contributed by atoms with van der Waals surface area (Å²) in [6.45, 7) is 0. The normalized spacial score (nSPS) is 18.2. The van der Waals surface area contributed by atoms with Crippen molar-refractivity contribution >= 4 is 45.4 Å². The number of fused-ring (bicyclic) bond motifs is 1. The van der Waals surface area contributed by atoms with E-state index in [1.54, 1.807) is 6.07 Å². The average Bonchev–Trinajstić information content (AvgIpc) is 3.51. The van der Waals surface area contributed by atoms with Crippen LogP contribution in [0.3, 0.4) is 0 Å². The first kappa shape index (κ1) is 20.8.